The van der Waals surface area contributed by atoms with Crippen molar-refractivity contribution in [2.24, 2.45) is 0 Å². The van der Waals surface area contributed by atoms with Gasteiger partial charge in [-0.15, -0.1) is 0 Å². The molecule has 4 atom stereocenters. The van der Waals surface area contributed by atoms with Gasteiger partial charge in [-0.05, 0) is 27.7 Å². The molecule has 0 saturated carbocycles. The van der Waals surface area contributed by atoms with Crippen LogP contribution in [-0.2, 0) is 42.7 Å². The summed E-state index contributed by atoms with van der Waals surface area (Å²) in [6, 6.07) is 0. The van der Waals surface area contributed by atoms with Gasteiger partial charge in [0.15, 0.2) is 0 Å². The van der Waals surface area contributed by atoms with Gasteiger partial charge in [0.2, 0.25) is 0 Å². The molecule has 0 aromatic rings. The number of carbonyl (C=O) groups excluding carboxylic acids is 4. The van der Waals surface area contributed by atoms with Gasteiger partial charge in [-0.25, -0.2) is 9.59 Å². The molecule has 11 nitrogen and oxygen atoms in total. The monoisotopic (exact) mass is 436 g/mol. The summed E-state index contributed by atoms with van der Waals surface area (Å²) in [7, 11) is 0. The maximum Gasteiger partial charge on any atom is 0.508 e. The highest BCUT2D eigenvalue weighted by molar-refractivity contribution is 5.69. The lowest BCUT2D eigenvalue weighted by molar-refractivity contribution is -0.150. The zero-order valence-corrected chi connectivity index (χ0v) is 18.3. The van der Waals surface area contributed by atoms with E-state index in [4.69, 9.17) is 33.2 Å². The standard InChI is InChI=1S/C19H32O11/c1-7-17(21)28-15(5)11-26-19(23)30-13(3)9-24-8-12(2)29-18(22)25-10-14(4)27-16(6)20/h12-15H,7-11H2,1-6H3. The minimum Gasteiger partial charge on any atom is -0.459 e. The van der Waals surface area contributed by atoms with Gasteiger partial charge in [0.05, 0.1) is 13.2 Å². The zero-order chi connectivity index (χ0) is 23.1. The molecule has 11 heteroatoms. The summed E-state index contributed by atoms with van der Waals surface area (Å²) in [5.74, 6) is -0.865. The Balaban J connectivity index is 3.91. The largest absolute Gasteiger partial charge is 0.508 e. The molecule has 0 aliphatic rings. The average Bonchev–Trinajstić information content (AvgIpc) is 2.64. The molecule has 0 radical (unpaired) electrons. The molecular formula is C19H32O11. The molecule has 0 aliphatic heterocycles. The number of hydrogen-bond donors (Lipinski definition) is 0. The van der Waals surface area contributed by atoms with Crippen molar-refractivity contribution in [3.63, 3.8) is 0 Å². The summed E-state index contributed by atoms with van der Waals surface area (Å²) in [6.45, 7) is 9.10. The molecule has 0 aromatic carbocycles. The second-order valence-corrected chi connectivity index (χ2v) is 6.59. The summed E-state index contributed by atoms with van der Waals surface area (Å²) >= 11 is 0. The highest BCUT2D eigenvalue weighted by atomic mass is 16.7. The van der Waals surface area contributed by atoms with E-state index in [0.29, 0.717) is 0 Å². The fourth-order valence-electron chi connectivity index (χ4n) is 1.89. The van der Waals surface area contributed by atoms with Crippen molar-refractivity contribution in [2.75, 3.05) is 26.4 Å². The van der Waals surface area contributed by atoms with E-state index in [0.717, 1.165) is 0 Å². The van der Waals surface area contributed by atoms with Crippen LogP contribution < -0.4 is 0 Å². The predicted octanol–water partition coefficient (Wildman–Crippen LogP) is 2.38. The van der Waals surface area contributed by atoms with E-state index in [1.54, 1.807) is 34.6 Å². The number of carbonyl (C=O) groups is 4. The maximum absolute atomic E-state index is 11.6. The van der Waals surface area contributed by atoms with E-state index in [1.807, 2.05) is 0 Å². The molecule has 0 spiro atoms. The van der Waals surface area contributed by atoms with E-state index < -0.39 is 42.7 Å². The normalized spacial score (nSPS) is 14.5. The molecular weight excluding hydrogens is 404 g/mol. The Morgan fingerprint density at radius 3 is 1.43 bits per heavy atom. The van der Waals surface area contributed by atoms with Crippen molar-refractivity contribution >= 4 is 24.2 Å². The molecule has 0 aliphatic carbocycles. The molecule has 4 unspecified atom stereocenters. The van der Waals surface area contributed by atoms with Crippen LogP contribution in [0.2, 0.25) is 0 Å². The topological polar surface area (TPSA) is 133 Å². The second kappa shape index (κ2) is 15.3. The van der Waals surface area contributed by atoms with Gasteiger partial charge in [0, 0.05) is 13.3 Å². The second-order valence-electron chi connectivity index (χ2n) is 6.59. The van der Waals surface area contributed by atoms with Crippen LogP contribution >= 0.6 is 0 Å². The first-order valence-electron chi connectivity index (χ1n) is 9.64. The number of esters is 2. The zero-order valence-electron chi connectivity index (χ0n) is 18.3. The van der Waals surface area contributed by atoms with Gasteiger partial charge in [-0.1, -0.05) is 6.92 Å². The van der Waals surface area contributed by atoms with Crippen LogP contribution in [0.4, 0.5) is 9.59 Å². The summed E-state index contributed by atoms with van der Waals surface area (Å²) in [5.41, 5.74) is 0. The molecule has 0 rings (SSSR count). The summed E-state index contributed by atoms with van der Waals surface area (Å²) in [4.78, 5) is 45.0. The third-order valence-electron chi connectivity index (χ3n) is 3.16. The van der Waals surface area contributed by atoms with Gasteiger partial charge in [0.25, 0.3) is 0 Å². The molecule has 0 N–H and O–H groups in total. The molecule has 0 saturated heterocycles. The third kappa shape index (κ3) is 15.4. The number of hydrogen-bond acceptors (Lipinski definition) is 11. The Hall–Kier alpha value is -2.56. The fourth-order valence-corrected chi connectivity index (χ4v) is 1.89. The molecule has 30 heavy (non-hydrogen) atoms. The van der Waals surface area contributed by atoms with Crippen LogP contribution in [0.3, 0.4) is 0 Å². The molecule has 0 bridgehead atoms. The van der Waals surface area contributed by atoms with Crippen molar-refractivity contribution < 1.29 is 52.3 Å². The lowest BCUT2D eigenvalue weighted by Gasteiger charge is -2.18. The highest BCUT2D eigenvalue weighted by Crippen LogP contribution is 2.02. The van der Waals surface area contributed by atoms with Gasteiger partial charge < -0.3 is 33.2 Å². The first kappa shape index (κ1) is 27.4. The molecule has 0 heterocycles. The van der Waals surface area contributed by atoms with Crippen molar-refractivity contribution in [2.45, 2.75) is 72.4 Å². The van der Waals surface area contributed by atoms with E-state index in [2.05, 4.69) is 0 Å². The minimum atomic E-state index is -0.920. The summed E-state index contributed by atoms with van der Waals surface area (Å²) < 4.78 is 34.7. The Kier molecular flexibility index (Phi) is 14.0. The molecule has 0 fully saturated rings. The SMILES string of the molecule is CCC(=O)OC(C)COC(=O)OC(C)COCC(C)OC(=O)OCC(C)OC(C)=O. The Morgan fingerprint density at radius 1 is 0.633 bits per heavy atom. The first-order chi connectivity index (χ1) is 14.0. The van der Waals surface area contributed by atoms with Gasteiger partial charge >= 0.3 is 24.2 Å². The van der Waals surface area contributed by atoms with Gasteiger partial charge in [-0.2, -0.15) is 0 Å². The van der Waals surface area contributed by atoms with Crippen molar-refractivity contribution in [3.05, 3.63) is 0 Å². The van der Waals surface area contributed by atoms with E-state index in [-0.39, 0.29) is 38.8 Å². The van der Waals surface area contributed by atoms with Crippen molar-refractivity contribution in [3.8, 4) is 0 Å². The Bertz CT molecular complexity index is 549. The van der Waals surface area contributed by atoms with Crippen molar-refractivity contribution in [1.29, 1.82) is 0 Å². The Morgan fingerprint density at radius 2 is 1.03 bits per heavy atom. The van der Waals surface area contributed by atoms with Crippen LogP contribution in [0, 0.1) is 0 Å². The quantitative estimate of drug-likeness (QED) is 0.311. The third-order valence-corrected chi connectivity index (χ3v) is 3.16. The lowest BCUT2D eigenvalue weighted by Crippen LogP contribution is -2.28. The number of rotatable bonds is 13. The lowest BCUT2D eigenvalue weighted by atomic mass is 10.4. The van der Waals surface area contributed by atoms with Crippen LogP contribution in [-0.4, -0.2) is 75.1 Å². The molecule has 174 valence electrons. The van der Waals surface area contributed by atoms with E-state index in [9.17, 15) is 19.2 Å². The molecule has 0 amide bonds. The van der Waals surface area contributed by atoms with Crippen LogP contribution in [0.15, 0.2) is 0 Å². The minimum absolute atomic E-state index is 0.0430. The number of ether oxygens (including phenoxy) is 7. The van der Waals surface area contributed by atoms with E-state index in [1.165, 1.54) is 6.92 Å². The van der Waals surface area contributed by atoms with Crippen LogP contribution in [0.5, 0.6) is 0 Å². The Labute approximate surface area is 176 Å². The van der Waals surface area contributed by atoms with Crippen LogP contribution in [0.1, 0.15) is 48.0 Å². The maximum atomic E-state index is 11.6. The van der Waals surface area contributed by atoms with Crippen LogP contribution in [0.25, 0.3) is 0 Å². The first-order valence-corrected chi connectivity index (χ1v) is 9.64. The predicted molar refractivity (Wildman–Crippen MR) is 102 cm³/mol. The summed E-state index contributed by atoms with van der Waals surface area (Å²) in [6.07, 6.45) is -4.00. The highest BCUT2D eigenvalue weighted by Gasteiger charge is 2.17. The smallest absolute Gasteiger partial charge is 0.459 e. The molecule has 0 aromatic heterocycles. The van der Waals surface area contributed by atoms with Gasteiger partial charge in [0.1, 0.15) is 37.6 Å². The van der Waals surface area contributed by atoms with Gasteiger partial charge in [-0.3, -0.25) is 9.59 Å². The summed E-state index contributed by atoms with van der Waals surface area (Å²) in [5, 5.41) is 0. The van der Waals surface area contributed by atoms with Crippen molar-refractivity contribution in [1.82, 2.24) is 0 Å². The van der Waals surface area contributed by atoms with E-state index >= 15 is 0 Å². The fraction of sp³-hybridized carbons (Fsp3) is 0.789. The average molecular weight is 436 g/mol.